The molecule has 1 aromatic carbocycles. The van der Waals surface area contributed by atoms with E-state index in [-0.39, 0.29) is 5.91 Å². The fourth-order valence-electron chi connectivity index (χ4n) is 3.40. The number of pyridine rings is 1. The lowest BCUT2D eigenvalue weighted by Gasteiger charge is -2.26. The highest BCUT2D eigenvalue weighted by molar-refractivity contribution is 5.94. The van der Waals surface area contributed by atoms with Crippen molar-refractivity contribution >= 4 is 11.6 Å². The van der Waals surface area contributed by atoms with Crippen LogP contribution in [0.15, 0.2) is 48.8 Å². The van der Waals surface area contributed by atoms with Gasteiger partial charge in [-0.2, -0.15) is 0 Å². The number of carbonyl (C=O) groups is 1. The van der Waals surface area contributed by atoms with E-state index >= 15 is 0 Å². The first-order valence-electron chi connectivity index (χ1n) is 8.56. The number of fused-ring (bicyclic) bond motifs is 1. The number of nitrogens with zero attached hydrogens (tertiary/aromatic N) is 3. The number of rotatable bonds is 2. The van der Waals surface area contributed by atoms with Crippen molar-refractivity contribution in [3.63, 3.8) is 0 Å². The molecule has 0 N–H and O–H groups in total. The molecule has 0 atom stereocenters. The van der Waals surface area contributed by atoms with Gasteiger partial charge in [-0.3, -0.25) is 9.20 Å². The Kier molecular flexibility index (Phi) is 3.81. The number of likely N-dealkylation sites (tertiary alicyclic amines) is 1. The molecule has 1 fully saturated rings. The van der Waals surface area contributed by atoms with Gasteiger partial charge >= 0.3 is 0 Å². The maximum atomic E-state index is 12.8. The summed E-state index contributed by atoms with van der Waals surface area (Å²) in [6.07, 6.45) is 7.24. The van der Waals surface area contributed by atoms with Crippen molar-refractivity contribution in [2.45, 2.75) is 26.2 Å². The van der Waals surface area contributed by atoms with Crippen molar-refractivity contribution in [1.82, 2.24) is 14.3 Å². The first kappa shape index (κ1) is 14.9. The van der Waals surface area contributed by atoms with Crippen LogP contribution >= 0.6 is 0 Å². The van der Waals surface area contributed by atoms with Gasteiger partial charge in [0.05, 0.1) is 17.5 Å². The minimum Gasteiger partial charge on any atom is -0.339 e. The molecule has 1 amide bonds. The number of benzene rings is 1. The molecule has 1 saturated heterocycles. The van der Waals surface area contributed by atoms with Crippen LogP contribution in [-0.2, 0) is 0 Å². The predicted molar refractivity (Wildman–Crippen MR) is 95.1 cm³/mol. The number of hydrogen-bond acceptors (Lipinski definition) is 2. The van der Waals surface area contributed by atoms with Crippen LogP contribution in [-0.4, -0.2) is 33.3 Å². The van der Waals surface area contributed by atoms with E-state index in [1.165, 1.54) is 12.0 Å². The Balaban J connectivity index is 1.74. The number of hydrogen-bond donors (Lipinski definition) is 0. The van der Waals surface area contributed by atoms with Crippen LogP contribution < -0.4 is 0 Å². The number of imidazole rings is 1. The lowest BCUT2D eigenvalue weighted by atomic mass is 10.1. The average Bonchev–Trinajstić information content (AvgIpc) is 3.05. The van der Waals surface area contributed by atoms with Crippen LogP contribution in [0.1, 0.15) is 35.2 Å². The minimum atomic E-state index is 0.125. The molecule has 1 aliphatic heterocycles. The summed E-state index contributed by atoms with van der Waals surface area (Å²) in [6, 6.07) is 12.2. The van der Waals surface area contributed by atoms with Gasteiger partial charge in [0, 0.05) is 24.8 Å². The van der Waals surface area contributed by atoms with Gasteiger partial charge in [0.25, 0.3) is 5.91 Å². The van der Waals surface area contributed by atoms with E-state index in [0.29, 0.717) is 0 Å². The van der Waals surface area contributed by atoms with Gasteiger partial charge in [-0.15, -0.1) is 0 Å². The topological polar surface area (TPSA) is 37.6 Å². The van der Waals surface area contributed by atoms with Gasteiger partial charge in [0.1, 0.15) is 5.65 Å². The molecule has 0 unspecified atom stereocenters. The fraction of sp³-hybridized carbons (Fsp3) is 0.300. The summed E-state index contributed by atoms with van der Waals surface area (Å²) in [5.74, 6) is 0.125. The standard InChI is InChI=1S/C20H21N3O/c1-15-6-5-7-16(12-15)18-13-21-19-9-8-17(14-23(18)19)20(24)22-10-3-2-4-11-22/h5-9,12-14H,2-4,10-11H2,1H3. The largest absolute Gasteiger partial charge is 0.339 e. The molecule has 0 spiro atoms. The molecule has 4 rings (SSSR count). The van der Waals surface area contributed by atoms with Gasteiger partial charge in [-0.05, 0) is 44.4 Å². The highest BCUT2D eigenvalue weighted by Gasteiger charge is 2.19. The lowest BCUT2D eigenvalue weighted by molar-refractivity contribution is 0.0724. The molecule has 0 saturated carbocycles. The SMILES string of the molecule is Cc1cccc(-c2cnc3ccc(C(=O)N4CCCCC4)cn23)c1. The molecule has 3 aromatic rings. The second-order valence-electron chi connectivity index (χ2n) is 6.51. The Labute approximate surface area is 141 Å². The maximum absolute atomic E-state index is 12.8. The zero-order chi connectivity index (χ0) is 16.5. The van der Waals surface area contributed by atoms with Crippen LogP contribution in [0.4, 0.5) is 0 Å². The molecule has 2 aromatic heterocycles. The Bertz CT molecular complexity index is 891. The van der Waals surface area contributed by atoms with E-state index in [4.69, 9.17) is 0 Å². The van der Waals surface area contributed by atoms with Crippen LogP contribution in [0.3, 0.4) is 0 Å². The van der Waals surface area contributed by atoms with E-state index in [2.05, 4.69) is 30.1 Å². The number of carbonyl (C=O) groups excluding carboxylic acids is 1. The third kappa shape index (κ3) is 2.68. The van der Waals surface area contributed by atoms with Gasteiger partial charge in [0.2, 0.25) is 0 Å². The zero-order valence-electron chi connectivity index (χ0n) is 13.9. The molecule has 4 heteroatoms. The van der Waals surface area contributed by atoms with Gasteiger partial charge in [-0.25, -0.2) is 4.98 Å². The van der Waals surface area contributed by atoms with Crippen LogP contribution in [0.5, 0.6) is 0 Å². The smallest absolute Gasteiger partial charge is 0.255 e. The first-order chi connectivity index (χ1) is 11.7. The molecule has 3 heterocycles. The molecule has 0 bridgehead atoms. The molecule has 122 valence electrons. The maximum Gasteiger partial charge on any atom is 0.255 e. The van der Waals surface area contributed by atoms with Crippen LogP contribution in [0.25, 0.3) is 16.9 Å². The predicted octanol–water partition coefficient (Wildman–Crippen LogP) is 3.94. The summed E-state index contributed by atoms with van der Waals surface area (Å²) in [4.78, 5) is 19.2. The molecule has 1 aliphatic rings. The Morgan fingerprint density at radius 2 is 1.92 bits per heavy atom. The quantitative estimate of drug-likeness (QED) is 0.717. The highest BCUT2D eigenvalue weighted by atomic mass is 16.2. The van der Waals surface area contributed by atoms with E-state index in [9.17, 15) is 4.79 Å². The summed E-state index contributed by atoms with van der Waals surface area (Å²) >= 11 is 0. The third-order valence-corrected chi connectivity index (χ3v) is 4.71. The van der Waals surface area contributed by atoms with Gasteiger partial charge in [-0.1, -0.05) is 23.8 Å². The summed E-state index contributed by atoms with van der Waals surface area (Å²) in [5.41, 5.74) is 4.94. The zero-order valence-corrected chi connectivity index (χ0v) is 13.9. The van der Waals surface area contributed by atoms with E-state index in [1.807, 2.05) is 39.9 Å². The summed E-state index contributed by atoms with van der Waals surface area (Å²) in [5, 5.41) is 0. The first-order valence-corrected chi connectivity index (χ1v) is 8.56. The van der Waals surface area contributed by atoms with Crippen LogP contribution in [0.2, 0.25) is 0 Å². The van der Waals surface area contributed by atoms with Crippen molar-refractivity contribution in [2.75, 3.05) is 13.1 Å². The van der Waals surface area contributed by atoms with Crippen molar-refractivity contribution in [1.29, 1.82) is 0 Å². The minimum absolute atomic E-state index is 0.125. The number of aromatic nitrogens is 2. The average molecular weight is 319 g/mol. The second-order valence-corrected chi connectivity index (χ2v) is 6.51. The summed E-state index contributed by atoms with van der Waals surface area (Å²) < 4.78 is 2.02. The number of amides is 1. The fourth-order valence-corrected chi connectivity index (χ4v) is 3.40. The molecular weight excluding hydrogens is 298 g/mol. The van der Waals surface area contributed by atoms with Crippen molar-refractivity contribution < 1.29 is 4.79 Å². The molecule has 0 aliphatic carbocycles. The highest BCUT2D eigenvalue weighted by Crippen LogP contribution is 2.23. The van der Waals surface area contributed by atoms with Crippen molar-refractivity contribution in [3.05, 3.63) is 59.9 Å². The van der Waals surface area contributed by atoms with E-state index < -0.39 is 0 Å². The second kappa shape index (κ2) is 6.11. The third-order valence-electron chi connectivity index (χ3n) is 4.71. The van der Waals surface area contributed by atoms with E-state index in [1.54, 1.807) is 0 Å². The van der Waals surface area contributed by atoms with E-state index in [0.717, 1.165) is 48.4 Å². The number of piperidine rings is 1. The number of aryl methyl sites for hydroxylation is 1. The summed E-state index contributed by atoms with van der Waals surface area (Å²) in [6.45, 7) is 3.81. The summed E-state index contributed by atoms with van der Waals surface area (Å²) in [7, 11) is 0. The molecule has 0 radical (unpaired) electrons. The van der Waals surface area contributed by atoms with Gasteiger partial charge in [0.15, 0.2) is 0 Å². The van der Waals surface area contributed by atoms with Gasteiger partial charge < -0.3 is 4.90 Å². The molecule has 24 heavy (non-hydrogen) atoms. The Morgan fingerprint density at radius 1 is 1.08 bits per heavy atom. The molecular formula is C20H21N3O. The van der Waals surface area contributed by atoms with Crippen LogP contribution in [0, 0.1) is 6.92 Å². The molecule has 4 nitrogen and oxygen atoms in total. The lowest BCUT2D eigenvalue weighted by Crippen LogP contribution is -2.35. The van der Waals surface area contributed by atoms with Crippen molar-refractivity contribution in [3.8, 4) is 11.3 Å². The Hall–Kier alpha value is -2.62. The monoisotopic (exact) mass is 319 g/mol. The Morgan fingerprint density at radius 3 is 2.71 bits per heavy atom. The van der Waals surface area contributed by atoms with Crippen molar-refractivity contribution in [2.24, 2.45) is 0 Å². The normalized spacial score (nSPS) is 15.0.